The van der Waals surface area contributed by atoms with E-state index in [0.29, 0.717) is 0 Å². The van der Waals surface area contributed by atoms with Gasteiger partial charge in [-0.2, -0.15) is 0 Å². The van der Waals surface area contributed by atoms with Gasteiger partial charge in [0.15, 0.2) is 0 Å². The SMILES string of the molecule is CC1(C)c2ccccc2-c2c1c1c3c(ccc1n2-c1ccccc1)[nH]c1ccccc13. The lowest BCUT2D eigenvalue weighted by atomic mass is 9.81. The number of para-hydroxylation sites is 2. The summed E-state index contributed by atoms with van der Waals surface area (Å²) in [6, 6.07) is 32.9. The molecule has 0 unspecified atom stereocenters. The Bertz CT molecular complexity index is 1650. The molecule has 7 rings (SSSR count). The van der Waals surface area contributed by atoms with Crippen LogP contribution >= 0.6 is 0 Å². The summed E-state index contributed by atoms with van der Waals surface area (Å²) >= 11 is 0. The maximum atomic E-state index is 3.65. The smallest absolute Gasteiger partial charge is 0.0585 e. The van der Waals surface area contributed by atoms with Gasteiger partial charge in [-0.05, 0) is 41.5 Å². The highest BCUT2D eigenvalue weighted by molar-refractivity contribution is 6.23. The number of benzene rings is 4. The summed E-state index contributed by atoms with van der Waals surface area (Å²) in [6.07, 6.45) is 0. The van der Waals surface area contributed by atoms with Gasteiger partial charge in [0.05, 0.1) is 11.2 Å². The quantitative estimate of drug-likeness (QED) is 0.295. The zero-order valence-corrected chi connectivity index (χ0v) is 17.6. The maximum Gasteiger partial charge on any atom is 0.0585 e. The lowest BCUT2D eigenvalue weighted by molar-refractivity contribution is 0.666. The molecule has 0 saturated carbocycles. The van der Waals surface area contributed by atoms with Crippen LogP contribution in [0.4, 0.5) is 0 Å². The number of nitrogens with one attached hydrogen (secondary N) is 1. The minimum Gasteiger partial charge on any atom is -0.354 e. The van der Waals surface area contributed by atoms with E-state index in [1.807, 2.05) is 0 Å². The van der Waals surface area contributed by atoms with Crippen molar-refractivity contribution in [1.29, 1.82) is 0 Å². The molecular weight excluding hydrogens is 376 g/mol. The monoisotopic (exact) mass is 398 g/mol. The fourth-order valence-electron chi connectivity index (χ4n) is 5.80. The predicted molar refractivity (Wildman–Crippen MR) is 130 cm³/mol. The van der Waals surface area contributed by atoms with Gasteiger partial charge in [0, 0.05) is 43.9 Å². The second-order valence-corrected chi connectivity index (χ2v) is 9.12. The van der Waals surface area contributed by atoms with E-state index < -0.39 is 0 Å². The predicted octanol–water partition coefficient (Wildman–Crippen LogP) is 7.57. The largest absolute Gasteiger partial charge is 0.354 e. The van der Waals surface area contributed by atoms with Crippen molar-refractivity contribution in [1.82, 2.24) is 9.55 Å². The molecule has 1 N–H and O–H groups in total. The third-order valence-electron chi connectivity index (χ3n) is 7.10. The molecule has 0 amide bonds. The van der Waals surface area contributed by atoms with Gasteiger partial charge in [-0.3, -0.25) is 0 Å². The Kier molecular flexibility index (Phi) is 3.10. The number of aromatic nitrogens is 2. The van der Waals surface area contributed by atoms with Gasteiger partial charge in [-0.1, -0.05) is 74.5 Å². The van der Waals surface area contributed by atoms with Crippen molar-refractivity contribution in [2.24, 2.45) is 0 Å². The zero-order valence-electron chi connectivity index (χ0n) is 17.6. The summed E-state index contributed by atoms with van der Waals surface area (Å²) in [4.78, 5) is 3.65. The maximum absolute atomic E-state index is 3.65. The summed E-state index contributed by atoms with van der Waals surface area (Å²) in [5, 5.41) is 4.00. The Labute approximate surface area is 180 Å². The van der Waals surface area contributed by atoms with Crippen molar-refractivity contribution in [3.8, 4) is 16.9 Å². The van der Waals surface area contributed by atoms with E-state index in [0.717, 1.165) is 0 Å². The van der Waals surface area contributed by atoms with Crippen molar-refractivity contribution in [2.45, 2.75) is 19.3 Å². The van der Waals surface area contributed by atoms with Crippen molar-refractivity contribution >= 4 is 32.7 Å². The molecule has 2 nitrogen and oxygen atoms in total. The van der Waals surface area contributed by atoms with E-state index >= 15 is 0 Å². The zero-order chi connectivity index (χ0) is 20.7. The number of hydrogen-bond acceptors (Lipinski definition) is 0. The molecule has 1 aliphatic carbocycles. The molecule has 0 aliphatic heterocycles. The first-order valence-electron chi connectivity index (χ1n) is 10.9. The van der Waals surface area contributed by atoms with Crippen LogP contribution < -0.4 is 0 Å². The van der Waals surface area contributed by atoms with E-state index in [2.05, 4.69) is 114 Å². The number of rotatable bonds is 1. The molecule has 31 heavy (non-hydrogen) atoms. The molecule has 4 aromatic carbocycles. The van der Waals surface area contributed by atoms with Crippen LogP contribution in [-0.2, 0) is 5.41 Å². The van der Waals surface area contributed by atoms with Crippen molar-refractivity contribution in [3.05, 3.63) is 102 Å². The highest BCUT2D eigenvalue weighted by atomic mass is 15.0. The number of fused-ring (bicyclic) bond motifs is 9. The average Bonchev–Trinajstić information content (AvgIpc) is 3.42. The molecular formula is C29H22N2. The normalized spacial score (nSPS) is 14.4. The van der Waals surface area contributed by atoms with E-state index in [1.165, 1.54) is 60.8 Å². The van der Waals surface area contributed by atoms with Gasteiger partial charge in [0.2, 0.25) is 0 Å². The third-order valence-corrected chi connectivity index (χ3v) is 7.10. The van der Waals surface area contributed by atoms with Crippen molar-refractivity contribution in [3.63, 3.8) is 0 Å². The van der Waals surface area contributed by atoms with Gasteiger partial charge in [0.1, 0.15) is 0 Å². The molecule has 1 aliphatic rings. The fourth-order valence-corrected chi connectivity index (χ4v) is 5.80. The summed E-state index contributed by atoms with van der Waals surface area (Å²) in [5.74, 6) is 0. The summed E-state index contributed by atoms with van der Waals surface area (Å²) < 4.78 is 2.47. The molecule has 0 fully saturated rings. The lowest BCUT2D eigenvalue weighted by Crippen LogP contribution is -2.14. The molecule has 0 saturated heterocycles. The van der Waals surface area contributed by atoms with Crippen LogP contribution in [0.5, 0.6) is 0 Å². The second kappa shape index (κ2) is 5.67. The van der Waals surface area contributed by atoms with Crippen LogP contribution in [0.2, 0.25) is 0 Å². The first kappa shape index (κ1) is 17.0. The highest BCUT2D eigenvalue weighted by Crippen LogP contribution is 2.55. The number of H-pyrrole nitrogens is 1. The molecule has 148 valence electrons. The topological polar surface area (TPSA) is 20.7 Å². The molecule has 0 radical (unpaired) electrons. The van der Waals surface area contributed by atoms with Crippen LogP contribution in [-0.4, -0.2) is 9.55 Å². The molecule has 0 atom stereocenters. The first-order chi connectivity index (χ1) is 15.2. The van der Waals surface area contributed by atoms with Crippen molar-refractivity contribution < 1.29 is 0 Å². The Morgan fingerprint density at radius 1 is 0.677 bits per heavy atom. The van der Waals surface area contributed by atoms with E-state index in [9.17, 15) is 0 Å². The number of aromatic amines is 1. The first-order valence-corrected chi connectivity index (χ1v) is 10.9. The van der Waals surface area contributed by atoms with Crippen LogP contribution in [0.25, 0.3) is 49.7 Å². The molecule has 0 bridgehead atoms. The van der Waals surface area contributed by atoms with Crippen LogP contribution in [0.1, 0.15) is 25.0 Å². The van der Waals surface area contributed by atoms with E-state index in [1.54, 1.807) is 0 Å². The van der Waals surface area contributed by atoms with Gasteiger partial charge >= 0.3 is 0 Å². The minimum atomic E-state index is -0.0726. The van der Waals surface area contributed by atoms with Gasteiger partial charge in [0.25, 0.3) is 0 Å². The standard InChI is InChI=1S/C29H22N2/c1-29(2)21-14-8-6-12-19(21)28-27(29)26-24(31(28)18-10-4-3-5-11-18)17-16-23-25(26)20-13-7-9-15-22(20)30-23/h3-17,30H,1-2H3. The molecule has 2 aromatic heterocycles. The Balaban J connectivity index is 1.78. The van der Waals surface area contributed by atoms with Crippen LogP contribution in [0.3, 0.4) is 0 Å². The molecule has 0 spiro atoms. The van der Waals surface area contributed by atoms with E-state index in [4.69, 9.17) is 0 Å². The highest BCUT2D eigenvalue weighted by Gasteiger charge is 2.41. The molecule has 6 aromatic rings. The fraction of sp³-hybridized carbons (Fsp3) is 0.103. The Morgan fingerprint density at radius 3 is 2.29 bits per heavy atom. The van der Waals surface area contributed by atoms with Gasteiger partial charge in [-0.25, -0.2) is 0 Å². The molecule has 2 heterocycles. The van der Waals surface area contributed by atoms with E-state index in [-0.39, 0.29) is 5.41 Å². The number of nitrogens with zero attached hydrogens (tertiary/aromatic N) is 1. The lowest BCUT2D eigenvalue weighted by Gasteiger charge is -2.21. The van der Waals surface area contributed by atoms with Crippen molar-refractivity contribution in [2.75, 3.05) is 0 Å². The molecule has 2 heteroatoms. The Hall–Kier alpha value is -3.78. The number of hydrogen-bond donors (Lipinski definition) is 1. The van der Waals surface area contributed by atoms with Crippen LogP contribution in [0.15, 0.2) is 91.0 Å². The summed E-state index contributed by atoms with van der Waals surface area (Å²) in [7, 11) is 0. The minimum absolute atomic E-state index is 0.0726. The van der Waals surface area contributed by atoms with Gasteiger partial charge < -0.3 is 9.55 Å². The Morgan fingerprint density at radius 2 is 1.42 bits per heavy atom. The average molecular weight is 399 g/mol. The second-order valence-electron chi connectivity index (χ2n) is 9.12. The summed E-state index contributed by atoms with van der Waals surface area (Å²) in [6.45, 7) is 4.75. The van der Waals surface area contributed by atoms with Crippen LogP contribution in [0, 0.1) is 0 Å². The third kappa shape index (κ3) is 2.02. The van der Waals surface area contributed by atoms with Gasteiger partial charge in [-0.15, -0.1) is 0 Å². The summed E-state index contributed by atoms with van der Waals surface area (Å²) in [5.41, 5.74) is 10.3.